The van der Waals surface area contributed by atoms with Gasteiger partial charge in [0.15, 0.2) is 0 Å². The van der Waals surface area contributed by atoms with Crippen molar-refractivity contribution in [2.45, 2.75) is 51.9 Å². The van der Waals surface area contributed by atoms with Gasteiger partial charge < -0.3 is 20.4 Å². The Balaban J connectivity index is 0.000000258. The molecule has 0 aliphatic carbocycles. The molecule has 4 atom stereocenters. The standard InChI is InChI=1S/4C15H14BrNO.2Cu/c4*1-11(12-6-8-14(16)9-7-12)17-10-13-4-2-3-5-15(13)18;;/h4*2-11,18H,1H3;;/q;;;;2*+2/p-4/t4*11-;;/m0000../s1. The fourth-order valence-corrected chi connectivity index (χ4v) is 7.48. The molecule has 2 radical (unpaired) electrons. The third kappa shape index (κ3) is 21.8. The van der Waals surface area contributed by atoms with Crippen molar-refractivity contribution in [1.29, 1.82) is 0 Å². The van der Waals surface area contributed by atoms with Gasteiger partial charge in [0.25, 0.3) is 0 Å². The van der Waals surface area contributed by atoms with Crippen LogP contribution in [0.25, 0.3) is 0 Å². The van der Waals surface area contributed by atoms with Gasteiger partial charge in [-0.3, -0.25) is 20.0 Å². The molecular weight excluding hydrogens is 1290 g/mol. The Morgan fingerprint density at radius 2 is 0.446 bits per heavy atom. The topological polar surface area (TPSA) is 142 Å². The average molecular weight is 1340 g/mol. The van der Waals surface area contributed by atoms with Crippen LogP contribution in [0.5, 0.6) is 23.0 Å². The largest absolute Gasteiger partial charge is 2.00 e. The smallest absolute Gasteiger partial charge is 0.872 e. The first-order valence-electron chi connectivity index (χ1n) is 22.9. The van der Waals surface area contributed by atoms with Gasteiger partial charge >= 0.3 is 34.1 Å². The summed E-state index contributed by atoms with van der Waals surface area (Å²) in [5.41, 5.74) is 7.00. The summed E-state index contributed by atoms with van der Waals surface area (Å²) in [7, 11) is 0. The molecule has 0 N–H and O–H groups in total. The van der Waals surface area contributed by atoms with Crippen LogP contribution in [0.1, 0.15) is 96.4 Å². The molecule has 386 valence electrons. The Hall–Kier alpha value is -5.40. The Morgan fingerprint density at radius 3 is 0.608 bits per heavy atom. The molecule has 0 aliphatic rings. The van der Waals surface area contributed by atoms with E-state index in [1.165, 1.54) is 0 Å². The van der Waals surface area contributed by atoms with Crippen molar-refractivity contribution in [2.24, 2.45) is 20.0 Å². The third-order valence-electron chi connectivity index (χ3n) is 10.8. The van der Waals surface area contributed by atoms with E-state index in [-0.39, 0.29) is 81.3 Å². The van der Waals surface area contributed by atoms with Gasteiger partial charge in [0.05, 0.1) is 24.2 Å². The molecule has 0 aromatic heterocycles. The molecule has 8 nitrogen and oxygen atoms in total. The zero-order chi connectivity index (χ0) is 51.8. The second kappa shape index (κ2) is 33.5. The number of hydrogen-bond donors (Lipinski definition) is 0. The van der Waals surface area contributed by atoms with E-state index in [4.69, 9.17) is 0 Å². The van der Waals surface area contributed by atoms with Gasteiger partial charge in [-0.05, 0) is 121 Å². The summed E-state index contributed by atoms with van der Waals surface area (Å²) in [6.07, 6.45) is 6.59. The minimum Gasteiger partial charge on any atom is -0.872 e. The van der Waals surface area contributed by atoms with Gasteiger partial charge in [0.1, 0.15) is 0 Å². The van der Waals surface area contributed by atoms with Crippen molar-refractivity contribution >= 4 is 88.6 Å². The van der Waals surface area contributed by atoms with Crippen LogP contribution in [-0.4, -0.2) is 24.9 Å². The number of rotatable bonds is 12. The summed E-state index contributed by atoms with van der Waals surface area (Å²) in [5, 5.41) is 46.1. The van der Waals surface area contributed by atoms with E-state index in [0.717, 1.165) is 40.1 Å². The SMILES string of the molecule is C[C@H](N=Cc1ccccc1[O-])c1ccc(Br)cc1.C[C@H](N=Cc1ccccc1[O-])c1ccc(Br)cc1.C[C@H](N=Cc1ccccc1[O-])c1ccc(Br)cc1.C[C@H](N=Cc1ccccc1[O-])c1ccc(Br)cc1.[Cu+2].[Cu+2]. The van der Waals surface area contributed by atoms with Crippen LogP contribution in [0.2, 0.25) is 0 Å². The molecule has 0 fully saturated rings. The van der Waals surface area contributed by atoms with Crippen LogP contribution in [0, 0.1) is 0 Å². The minimum atomic E-state index is 0. The summed E-state index contributed by atoms with van der Waals surface area (Å²) < 4.78 is 4.19. The Morgan fingerprint density at radius 1 is 0.284 bits per heavy atom. The van der Waals surface area contributed by atoms with Crippen LogP contribution < -0.4 is 20.4 Å². The van der Waals surface area contributed by atoms with Crippen molar-refractivity contribution in [3.63, 3.8) is 0 Å². The zero-order valence-electron chi connectivity index (χ0n) is 40.6. The molecule has 0 spiro atoms. The molecule has 8 aromatic carbocycles. The van der Waals surface area contributed by atoms with E-state index >= 15 is 0 Å². The van der Waals surface area contributed by atoms with Gasteiger partial charge in [-0.2, -0.15) is 0 Å². The normalized spacial score (nSPS) is 12.4. The Kier molecular flexibility index (Phi) is 28.5. The van der Waals surface area contributed by atoms with Crippen molar-refractivity contribution in [1.82, 2.24) is 0 Å². The molecule has 0 saturated heterocycles. The van der Waals surface area contributed by atoms with Crippen molar-refractivity contribution in [3.05, 3.63) is 257 Å². The first kappa shape index (κ1) is 62.9. The van der Waals surface area contributed by atoms with Crippen LogP contribution in [0.3, 0.4) is 0 Å². The zero-order valence-corrected chi connectivity index (χ0v) is 48.9. The van der Waals surface area contributed by atoms with Crippen LogP contribution >= 0.6 is 63.7 Å². The minimum absolute atomic E-state index is 0. The maximum absolute atomic E-state index is 11.5. The molecule has 0 amide bonds. The number of aliphatic imine (C=N–C) groups is 4. The predicted octanol–water partition coefficient (Wildman–Crippen LogP) is 14.8. The maximum Gasteiger partial charge on any atom is 2.00 e. The number of halogens is 4. The van der Waals surface area contributed by atoms with Gasteiger partial charge in [0.2, 0.25) is 0 Å². The Labute approximate surface area is 490 Å². The number of benzene rings is 8. The molecule has 74 heavy (non-hydrogen) atoms. The van der Waals surface area contributed by atoms with E-state index in [1.807, 2.05) is 149 Å². The van der Waals surface area contributed by atoms with Crippen LogP contribution in [-0.2, 0) is 34.1 Å². The molecule has 0 saturated carbocycles. The van der Waals surface area contributed by atoms with E-state index in [2.05, 4.69) is 83.7 Å². The summed E-state index contributed by atoms with van der Waals surface area (Å²) >= 11 is 13.6. The van der Waals surface area contributed by atoms with Crippen LogP contribution in [0.15, 0.2) is 232 Å². The summed E-state index contributed by atoms with van der Waals surface area (Å²) in [6, 6.07) is 59.9. The van der Waals surface area contributed by atoms with Gasteiger partial charge in [-0.1, -0.05) is 209 Å². The van der Waals surface area contributed by atoms with Crippen LogP contribution in [0.4, 0.5) is 0 Å². The number of nitrogens with zero attached hydrogens (tertiary/aromatic N) is 4. The average Bonchev–Trinajstić information content (AvgIpc) is 3.39. The second-order valence-corrected chi connectivity index (χ2v) is 19.8. The van der Waals surface area contributed by atoms with E-state index < -0.39 is 0 Å². The van der Waals surface area contributed by atoms with Gasteiger partial charge in [0, 0.05) is 42.7 Å². The quantitative estimate of drug-likeness (QED) is 0.0887. The number of para-hydroxylation sites is 4. The Bertz CT molecular complexity index is 2620. The monoisotopic (exact) mass is 1330 g/mol. The summed E-state index contributed by atoms with van der Waals surface area (Å²) in [6.45, 7) is 8.03. The predicted molar refractivity (Wildman–Crippen MR) is 304 cm³/mol. The first-order chi connectivity index (χ1) is 34.7. The second-order valence-electron chi connectivity index (χ2n) is 16.2. The van der Waals surface area contributed by atoms with Gasteiger partial charge in [-0.25, -0.2) is 0 Å². The fraction of sp³-hybridized carbons (Fsp3) is 0.133. The molecule has 0 bridgehead atoms. The molecule has 0 heterocycles. The first-order valence-corrected chi connectivity index (χ1v) is 26.0. The fourth-order valence-electron chi connectivity index (χ4n) is 6.43. The molecule has 8 rings (SSSR count). The maximum atomic E-state index is 11.5. The third-order valence-corrected chi connectivity index (χ3v) is 12.9. The molecule has 8 aromatic rings. The summed E-state index contributed by atoms with van der Waals surface area (Å²) in [5.74, 6) is 0.0158. The summed E-state index contributed by atoms with van der Waals surface area (Å²) in [4.78, 5) is 17.7. The van der Waals surface area contributed by atoms with Crippen molar-refractivity contribution in [3.8, 4) is 23.0 Å². The van der Waals surface area contributed by atoms with E-state index in [1.54, 1.807) is 97.7 Å². The molecular formula is C60H52Br4Cu2N4O4. The number of hydrogen-bond acceptors (Lipinski definition) is 8. The van der Waals surface area contributed by atoms with Gasteiger partial charge in [-0.15, -0.1) is 23.0 Å². The van der Waals surface area contributed by atoms with E-state index in [9.17, 15) is 20.4 Å². The molecule has 0 unspecified atom stereocenters. The molecule has 0 aliphatic heterocycles. The van der Waals surface area contributed by atoms with Crippen molar-refractivity contribution in [2.75, 3.05) is 0 Å². The van der Waals surface area contributed by atoms with Crippen molar-refractivity contribution < 1.29 is 54.6 Å². The van der Waals surface area contributed by atoms with E-state index in [0.29, 0.717) is 22.3 Å². The molecule has 14 heteroatoms.